The zero-order chi connectivity index (χ0) is 18.8. The first-order valence-electron chi connectivity index (χ1n) is 9.38. The molecule has 2 heterocycles. The van der Waals surface area contributed by atoms with Crippen LogP contribution in [0.2, 0.25) is 0 Å². The summed E-state index contributed by atoms with van der Waals surface area (Å²) < 4.78 is 5.45. The Kier molecular flexibility index (Phi) is 4.94. The lowest BCUT2D eigenvalue weighted by Crippen LogP contribution is -2.30. The molecule has 2 aliphatic rings. The summed E-state index contributed by atoms with van der Waals surface area (Å²) in [4.78, 5) is 26.5. The average molecular weight is 365 g/mol. The molecule has 0 spiro atoms. The van der Waals surface area contributed by atoms with E-state index in [1.165, 1.54) is 0 Å². The van der Waals surface area contributed by atoms with Crippen LogP contribution in [0.15, 0.2) is 54.6 Å². The molecule has 2 fully saturated rings. The van der Waals surface area contributed by atoms with E-state index >= 15 is 0 Å². The van der Waals surface area contributed by atoms with Crippen molar-refractivity contribution in [2.75, 3.05) is 26.3 Å². The maximum atomic E-state index is 13.1. The number of nitrogens with zero attached hydrogens (tertiary/aromatic N) is 1. The Morgan fingerprint density at radius 2 is 1.78 bits per heavy atom. The van der Waals surface area contributed by atoms with Crippen LogP contribution in [0.3, 0.4) is 0 Å². The standard InChI is InChI=1S/C22H23NO4/c24-21(17-8-4-7-16(11-17)18-9-10-27-14-18)23-12-19(20(13-23)22(25)26)15-5-2-1-3-6-15/h1-8,11,18-20H,9-10,12-14H2,(H,25,26). The second-order valence-electron chi connectivity index (χ2n) is 7.36. The first-order chi connectivity index (χ1) is 13.1. The minimum Gasteiger partial charge on any atom is -0.481 e. The van der Waals surface area contributed by atoms with Gasteiger partial charge in [0.05, 0.1) is 12.5 Å². The second-order valence-corrected chi connectivity index (χ2v) is 7.36. The molecule has 2 aliphatic heterocycles. The summed E-state index contributed by atoms with van der Waals surface area (Å²) >= 11 is 0. The van der Waals surface area contributed by atoms with E-state index in [4.69, 9.17) is 4.74 Å². The molecule has 0 bridgehead atoms. The maximum absolute atomic E-state index is 13.1. The monoisotopic (exact) mass is 365 g/mol. The number of aliphatic carboxylic acids is 1. The molecule has 4 rings (SSSR count). The van der Waals surface area contributed by atoms with Crippen molar-refractivity contribution in [2.24, 2.45) is 5.92 Å². The number of likely N-dealkylation sites (tertiary alicyclic amines) is 1. The van der Waals surface area contributed by atoms with Gasteiger partial charge in [0.15, 0.2) is 0 Å². The van der Waals surface area contributed by atoms with Crippen molar-refractivity contribution >= 4 is 11.9 Å². The van der Waals surface area contributed by atoms with Gasteiger partial charge in [0.25, 0.3) is 5.91 Å². The van der Waals surface area contributed by atoms with Crippen LogP contribution in [0.5, 0.6) is 0 Å². The van der Waals surface area contributed by atoms with Gasteiger partial charge < -0.3 is 14.7 Å². The summed E-state index contributed by atoms with van der Waals surface area (Å²) in [5, 5.41) is 9.65. The fraction of sp³-hybridized carbons (Fsp3) is 0.364. The molecular formula is C22H23NO4. The van der Waals surface area contributed by atoms with Crippen LogP contribution in [-0.2, 0) is 9.53 Å². The molecule has 2 aromatic carbocycles. The highest BCUT2D eigenvalue weighted by molar-refractivity contribution is 5.95. The predicted molar refractivity (Wildman–Crippen MR) is 101 cm³/mol. The molecule has 2 saturated heterocycles. The van der Waals surface area contributed by atoms with Gasteiger partial charge in [-0.1, -0.05) is 42.5 Å². The molecule has 3 atom stereocenters. The van der Waals surface area contributed by atoms with Gasteiger partial charge in [-0.25, -0.2) is 0 Å². The minimum atomic E-state index is -0.851. The minimum absolute atomic E-state index is 0.0968. The fourth-order valence-electron chi connectivity index (χ4n) is 4.16. The van der Waals surface area contributed by atoms with Gasteiger partial charge in [-0.15, -0.1) is 0 Å². The summed E-state index contributed by atoms with van der Waals surface area (Å²) in [6, 6.07) is 17.3. The van der Waals surface area contributed by atoms with Crippen LogP contribution in [0, 0.1) is 5.92 Å². The molecule has 5 heteroatoms. The Labute approximate surface area is 158 Å². The Morgan fingerprint density at radius 1 is 1.00 bits per heavy atom. The quantitative estimate of drug-likeness (QED) is 0.904. The van der Waals surface area contributed by atoms with E-state index in [2.05, 4.69) is 0 Å². The summed E-state index contributed by atoms with van der Waals surface area (Å²) in [7, 11) is 0. The zero-order valence-corrected chi connectivity index (χ0v) is 15.1. The van der Waals surface area contributed by atoms with Gasteiger partial charge in [0.2, 0.25) is 0 Å². The highest BCUT2D eigenvalue weighted by Crippen LogP contribution is 2.34. The van der Waals surface area contributed by atoms with Crippen molar-refractivity contribution in [2.45, 2.75) is 18.3 Å². The highest BCUT2D eigenvalue weighted by Gasteiger charge is 2.40. The second kappa shape index (κ2) is 7.53. The molecule has 27 heavy (non-hydrogen) atoms. The van der Waals surface area contributed by atoms with Gasteiger partial charge in [-0.2, -0.15) is 0 Å². The van der Waals surface area contributed by atoms with Crippen molar-refractivity contribution in [1.82, 2.24) is 4.90 Å². The Hall–Kier alpha value is -2.66. The number of carboxylic acid groups (broad SMARTS) is 1. The first-order valence-corrected chi connectivity index (χ1v) is 9.38. The molecule has 0 saturated carbocycles. The van der Waals surface area contributed by atoms with Crippen LogP contribution in [-0.4, -0.2) is 48.2 Å². The van der Waals surface area contributed by atoms with Crippen molar-refractivity contribution in [3.8, 4) is 0 Å². The third-order valence-electron chi connectivity index (χ3n) is 5.69. The molecule has 5 nitrogen and oxygen atoms in total. The van der Waals surface area contributed by atoms with E-state index in [0.717, 1.165) is 24.2 Å². The number of carbonyl (C=O) groups is 2. The number of carbonyl (C=O) groups excluding carboxylic acids is 1. The van der Waals surface area contributed by atoms with E-state index in [1.807, 2.05) is 54.6 Å². The van der Waals surface area contributed by atoms with Gasteiger partial charge in [-0.05, 0) is 29.7 Å². The van der Waals surface area contributed by atoms with Gasteiger partial charge in [-0.3, -0.25) is 9.59 Å². The summed E-state index contributed by atoms with van der Waals surface area (Å²) in [5.74, 6) is -1.38. The van der Waals surface area contributed by atoms with Gasteiger partial charge in [0, 0.05) is 37.1 Å². The predicted octanol–water partition coefficient (Wildman–Crippen LogP) is 3.13. The smallest absolute Gasteiger partial charge is 0.308 e. The molecule has 1 amide bonds. The number of hydrogen-bond donors (Lipinski definition) is 1. The zero-order valence-electron chi connectivity index (χ0n) is 15.1. The molecule has 0 aromatic heterocycles. The van der Waals surface area contributed by atoms with Gasteiger partial charge >= 0.3 is 5.97 Å². The van der Waals surface area contributed by atoms with Crippen LogP contribution in [0.1, 0.15) is 39.7 Å². The Balaban J connectivity index is 1.55. The molecule has 0 radical (unpaired) electrons. The van der Waals surface area contributed by atoms with Crippen molar-refractivity contribution in [3.05, 3.63) is 71.3 Å². The van der Waals surface area contributed by atoms with Crippen LogP contribution >= 0.6 is 0 Å². The van der Waals surface area contributed by atoms with Crippen LogP contribution < -0.4 is 0 Å². The third-order valence-corrected chi connectivity index (χ3v) is 5.69. The van der Waals surface area contributed by atoms with Crippen LogP contribution in [0.25, 0.3) is 0 Å². The average Bonchev–Trinajstić information content (AvgIpc) is 3.38. The number of rotatable bonds is 4. The fourth-order valence-corrected chi connectivity index (χ4v) is 4.16. The largest absolute Gasteiger partial charge is 0.481 e. The summed E-state index contributed by atoms with van der Waals surface area (Å²) in [6.07, 6.45) is 0.971. The maximum Gasteiger partial charge on any atom is 0.308 e. The van der Waals surface area contributed by atoms with Crippen LogP contribution in [0.4, 0.5) is 0 Å². The molecule has 0 aliphatic carbocycles. The van der Waals surface area contributed by atoms with Crippen molar-refractivity contribution in [1.29, 1.82) is 0 Å². The first kappa shape index (κ1) is 17.7. The Morgan fingerprint density at radius 3 is 2.48 bits per heavy atom. The van der Waals surface area contributed by atoms with Crippen molar-refractivity contribution < 1.29 is 19.4 Å². The molecular weight excluding hydrogens is 342 g/mol. The van der Waals surface area contributed by atoms with Crippen molar-refractivity contribution in [3.63, 3.8) is 0 Å². The number of ether oxygens (including phenoxy) is 1. The lowest BCUT2D eigenvalue weighted by atomic mass is 9.89. The number of hydrogen-bond acceptors (Lipinski definition) is 3. The number of carboxylic acids is 1. The molecule has 140 valence electrons. The lowest BCUT2D eigenvalue weighted by Gasteiger charge is -2.18. The van der Waals surface area contributed by atoms with Gasteiger partial charge in [0.1, 0.15) is 0 Å². The SMILES string of the molecule is O=C(O)C1CN(C(=O)c2cccc(C3CCOC3)c2)CC1c1ccccc1. The molecule has 2 aromatic rings. The van der Waals surface area contributed by atoms with E-state index < -0.39 is 11.9 Å². The third kappa shape index (κ3) is 3.60. The molecule has 3 unspecified atom stereocenters. The van der Waals surface area contributed by atoms with E-state index in [9.17, 15) is 14.7 Å². The van der Waals surface area contributed by atoms with E-state index in [1.54, 1.807) is 4.90 Å². The topological polar surface area (TPSA) is 66.8 Å². The normalized spacial score (nSPS) is 24.9. The van der Waals surface area contributed by atoms with E-state index in [0.29, 0.717) is 24.6 Å². The number of amides is 1. The Bertz CT molecular complexity index is 829. The summed E-state index contributed by atoms with van der Waals surface area (Å²) in [6.45, 7) is 2.12. The summed E-state index contributed by atoms with van der Waals surface area (Å²) in [5.41, 5.74) is 2.71. The highest BCUT2D eigenvalue weighted by atomic mass is 16.5. The number of benzene rings is 2. The lowest BCUT2D eigenvalue weighted by molar-refractivity contribution is -0.141. The molecule has 1 N–H and O–H groups in total. The van der Waals surface area contributed by atoms with E-state index in [-0.39, 0.29) is 18.4 Å².